The maximum Gasteiger partial charge on any atom is 0.0314 e. The first-order chi connectivity index (χ1) is 13.2. The molecule has 4 fully saturated rings. The van der Waals surface area contributed by atoms with Gasteiger partial charge in [-0.1, -0.05) is 82.7 Å². The zero-order valence-corrected chi connectivity index (χ0v) is 21.1. The number of hydrogen-bond donors (Lipinski definition) is 0. The van der Waals surface area contributed by atoms with Gasteiger partial charge in [0.25, 0.3) is 0 Å². The van der Waals surface area contributed by atoms with Gasteiger partial charge in [-0.3, -0.25) is 0 Å². The SMILES string of the molecule is CC(C)CCC[C@@H](C)[C@H]1CC[C@H]2[C@@H]3CCC4(Br)CCCC[C@]4(C)[C@H]3CC[C@]12C. The fraction of sp³-hybridized carbons (Fsp3) is 1.00. The highest BCUT2D eigenvalue weighted by atomic mass is 79.9. The molecule has 0 aromatic carbocycles. The second-order valence-corrected chi connectivity index (χ2v) is 14.1. The predicted molar refractivity (Wildman–Crippen MR) is 126 cm³/mol. The van der Waals surface area contributed by atoms with E-state index in [4.69, 9.17) is 0 Å². The van der Waals surface area contributed by atoms with Gasteiger partial charge in [-0.25, -0.2) is 0 Å². The van der Waals surface area contributed by atoms with E-state index in [1.54, 1.807) is 6.42 Å². The van der Waals surface area contributed by atoms with Crippen molar-refractivity contribution in [3.8, 4) is 0 Å². The first kappa shape index (κ1) is 21.7. The predicted octanol–water partition coefficient (Wildman–Crippen LogP) is 9.02. The molecule has 0 radical (unpaired) electrons. The maximum absolute atomic E-state index is 4.35. The van der Waals surface area contributed by atoms with E-state index in [1.807, 2.05) is 0 Å². The zero-order valence-electron chi connectivity index (χ0n) is 19.5. The Morgan fingerprint density at radius 2 is 1.57 bits per heavy atom. The molecule has 162 valence electrons. The van der Waals surface area contributed by atoms with E-state index < -0.39 is 0 Å². The summed E-state index contributed by atoms with van der Waals surface area (Å²) < 4.78 is 0.468. The van der Waals surface area contributed by atoms with Gasteiger partial charge in [-0.05, 0) is 97.7 Å². The molecule has 1 heteroatoms. The van der Waals surface area contributed by atoms with Gasteiger partial charge < -0.3 is 0 Å². The fourth-order valence-electron chi connectivity index (χ4n) is 9.24. The van der Waals surface area contributed by atoms with Gasteiger partial charge in [0.15, 0.2) is 0 Å². The molecule has 0 amide bonds. The summed E-state index contributed by atoms with van der Waals surface area (Å²) in [7, 11) is 0. The van der Waals surface area contributed by atoms with E-state index in [0.717, 1.165) is 35.5 Å². The van der Waals surface area contributed by atoms with Crippen molar-refractivity contribution in [2.75, 3.05) is 0 Å². The molecule has 0 spiro atoms. The first-order valence-electron chi connectivity index (χ1n) is 12.9. The van der Waals surface area contributed by atoms with Crippen molar-refractivity contribution in [2.24, 2.45) is 46.3 Å². The second kappa shape index (κ2) is 7.87. The van der Waals surface area contributed by atoms with Crippen LogP contribution in [0, 0.1) is 46.3 Å². The standard InChI is InChI=1S/C27H47Br/c1-19(2)9-8-10-20(3)22-11-12-23-21-13-18-27(28)16-7-6-15-26(27,5)24(21)14-17-25(22,23)4/h19-24H,6-18H2,1-5H3/t20-,21+,22-,23+,24+,25-,26-,27?/m1/s1. The van der Waals surface area contributed by atoms with Crippen LogP contribution in [0.3, 0.4) is 0 Å². The third-order valence-corrected chi connectivity index (χ3v) is 12.6. The smallest absolute Gasteiger partial charge is 0.0314 e. The van der Waals surface area contributed by atoms with Crippen LogP contribution in [0.15, 0.2) is 0 Å². The molecule has 0 bridgehead atoms. The molecule has 8 atom stereocenters. The minimum atomic E-state index is 0.468. The Bertz CT molecular complexity index is 554. The van der Waals surface area contributed by atoms with Gasteiger partial charge >= 0.3 is 0 Å². The molecule has 4 aliphatic rings. The van der Waals surface area contributed by atoms with Crippen LogP contribution in [-0.2, 0) is 0 Å². The molecule has 0 saturated heterocycles. The van der Waals surface area contributed by atoms with Crippen LogP contribution in [-0.4, -0.2) is 4.32 Å². The van der Waals surface area contributed by atoms with Gasteiger partial charge in [-0.15, -0.1) is 0 Å². The van der Waals surface area contributed by atoms with E-state index >= 15 is 0 Å². The Kier molecular flexibility index (Phi) is 6.10. The average Bonchev–Trinajstić information content (AvgIpc) is 2.99. The molecule has 0 aromatic rings. The highest BCUT2D eigenvalue weighted by Gasteiger charge is 2.63. The van der Waals surface area contributed by atoms with E-state index in [2.05, 4.69) is 50.5 Å². The van der Waals surface area contributed by atoms with Gasteiger partial charge in [-0.2, -0.15) is 0 Å². The summed E-state index contributed by atoms with van der Waals surface area (Å²) in [5.41, 5.74) is 1.21. The lowest BCUT2D eigenvalue weighted by molar-refractivity contribution is -0.101. The number of alkyl halides is 1. The van der Waals surface area contributed by atoms with Crippen molar-refractivity contribution in [2.45, 2.75) is 122 Å². The van der Waals surface area contributed by atoms with Gasteiger partial charge in [0.1, 0.15) is 0 Å². The summed E-state index contributed by atoms with van der Waals surface area (Å²) in [6.07, 6.45) is 19.3. The van der Waals surface area contributed by atoms with Crippen molar-refractivity contribution in [1.29, 1.82) is 0 Å². The van der Waals surface area contributed by atoms with Gasteiger partial charge in [0.2, 0.25) is 0 Å². The van der Waals surface area contributed by atoms with Crippen molar-refractivity contribution >= 4 is 15.9 Å². The molecular weight excluding hydrogens is 404 g/mol. The van der Waals surface area contributed by atoms with E-state index in [1.165, 1.54) is 77.0 Å². The summed E-state index contributed by atoms with van der Waals surface area (Å²) in [5.74, 6) is 5.86. The molecule has 1 unspecified atom stereocenters. The summed E-state index contributed by atoms with van der Waals surface area (Å²) in [5, 5.41) is 0. The largest absolute Gasteiger partial charge is 0.0847 e. The van der Waals surface area contributed by atoms with Crippen LogP contribution < -0.4 is 0 Å². The molecule has 28 heavy (non-hydrogen) atoms. The van der Waals surface area contributed by atoms with Crippen LogP contribution in [0.5, 0.6) is 0 Å². The van der Waals surface area contributed by atoms with Crippen LogP contribution in [0.25, 0.3) is 0 Å². The van der Waals surface area contributed by atoms with Crippen LogP contribution in [0.4, 0.5) is 0 Å². The summed E-state index contributed by atoms with van der Waals surface area (Å²) in [6.45, 7) is 12.8. The first-order valence-corrected chi connectivity index (χ1v) is 13.7. The highest BCUT2D eigenvalue weighted by molar-refractivity contribution is 9.10. The molecule has 0 N–H and O–H groups in total. The van der Waals surface area contributed by atoms with Crippen molar-refractivity contribution in [3.63, 3.8) is 0 Å². The number of halogens is 1. The van der Waals surface area contributed by atoms with E-state index in [-0.39, 0.29) is 0 Å². The van der Waals surface area contributed by atoms with Crippen molar-refractivity contribution < 1.29 is 0 Å². The minimum Gasteiger partial charge on any atom is -0.0847 e. The lowest BCUT2D eigenvalue weighted by Gasteiger charge is -2.64. The van der Waals surface area contributed by atoms with E-state index in [9.17, 15) is 0 Å². The van der Waals surface area contributed by atoms with Crippen LogP contribution in [0.1, 0.15) is 118 Å². The monoisotopic (exact) mass is 450 g/mol. The topological polar surface area (TPSA) is 0 Å². The Balaban J connectivity index is 1.49. The fourth-order valence-corrected chi connectivity index (χ4v) is 10.2. The van der Waals surface area contributed by atoms with Gasteiger partial charge in [0.05, 0.1) is 0 Å². The number of fused-ring (bicyclic) bond motifs is 5. The third kappa shape index (κ3) is 3.36. The Morgan fingerprint density at radius 3 is 2.32 bits per heavy atom. The molecule has 4 rings (SSSR count). The normalized spacial score (nSPS) is 49.4. The van der Waals surface area contributed by atoms with Crippen molar-refractivity contribution in [3.05, 3.63) is 0 Å². The molecule has 0 heterocycles. The Morgan fingerprint density at radius 1 is 0.821 bits per heavy atom. The highest BCUT2D eigenvalue weighted by Crippen LogP contribution is 2.70. The number of rotatable bonds is 5. The molecule has 0 nitrogen and oxygen atoms in total. The molecule has 0 aromatic heterocycles. The van der Waals surface area contributed by atoms with Crippen LogP contribution >= 0.6 is 15.9 Å². The summed E-state index contributed by atoms with van der Waals surface area (Å²) in [4.78, 5) is 0. The molecule has 4 saturated carbocycles. The Hall–Kier alpha value is 0.480. The summed E-state index contributed by atoms with van der Waals surface area (Å²) in [6, 6.07) is 0. The van der Waals surface area contributed by atoms with Crippen molar-refractivity contribution in [1.82, 2.24) is 0 Å². The Labute approximate surface area is 184 Å². The molecular formula is C27H47Br. The molecule has 4 aliphatic carbocycles. The number of hydrogen-bond acceptors (Lipinski definition) is 0. The molecule has 0 aliphatic heterocycles. The lowest BCUT2D eigenvalue weighted by atomic mass is 9.44. The average molecular weight is 452 g/mol. The quantitative estimate of drug-likeness (QED) is 0.366. The van der Waals surface area contributed by atoms with Crippen LogP contribution in [0.2, 0.25) is 0 Å². The maximum atomic E-state index is 4.35. The van der Waals surface area contributed by atoms with E-state index in [0.29, 0.717) is 15.2 Å². The summed E-state index contributed by atoms with van der Waals surface area (Å²) >= 11 is 4.35. The zero-order chi connectivity index (χ0) is 20.2. The lowest BCUT2D eigenvalue weighted by Crippen LogP contribution is -2.58. The minimum absolute atomic E-state index is 0.468. The second-order valence-electron chi connectivity index (χ2n) is 12.5. The third-order valence-electron chi connectivity index (χ3n) is 10.9. The van der Waals surface area contributed by atoms with Gasteiger partial charge in [0, 0.05) is 4.32 Å².